The first-order valence-electron chi connectivity index (χ1n) is 12.8. The van der Waals surface area contributed by atoms with E-state index in [4.69, 9.17) is 4.74 Å². The zero-order chi connectivity index (χ0) is 23.9. The van der Waals surface area contributed by atoms with Crippen molar-refractivity contribution in [1.82, 2.24) is 5.32 Å². The van der Waals surface area contributed by atoms with Gasteiger partial charge in [0.1, 0.15) is 5.75 Å². The molecule has 0 spiro atoms. The van der Waals surface area contributed by atoms with E-state index >= 15 is 0 Å². The molecule has 1 aliphatic carbocycles. The summed E-state index contributed by atoms with van der Waals surface area (Å²) in [4.78, 5) is 13.8. The Morgan fingerprint density at radius 3 is 2.17 bits per heavy atom. The van der Waals surface area contributed by atoms with Crippen LogP contribution in [0.1, 0.15) is 30.4 Å². The summed E-state index contributed by atoms with van der Waals surface area (Å²) in [6.07, 6.45) is 3.23. The number of nitrogens with zero attached hydrogens (tertiary/aromatic N) is 1. The lowest BCUT2D eigenvalue weighted by Crippen LogP contribution is -2.68. The molecule has 1 amide bonds. The van der Waals surface area contributed by atoms with Crippen molar-refractivity contribution in [3.8, 4) is 16.9 Å². The van der Waals surface area contributed by atoms with Crippen LogP contribution >= 0.6 is 0 Å². The van der Waals surface area contributed by atoms with E-state index in [1.54, 1.807) is 0 Å². The fourth-order valence-electron chi connectivity index (χ4n) is 6.60. The Balaban J connectivity index is 1.15. The predicted octanol–water partition coefficient (Wildman–Crippen LogP) is 4.10. The first-order chi connectivity index (χ1) is 17.1. The minimum atomic E-state index is -1.65. The van der Waals surface area contributed by atoms with Crippen LogP contribution in [0.5, 0.6) is 5.75 Å². The lowest BCUT2D eigenvalue weighted by atomic mass is 9.80. The van der Waals surface area contributed by atoms with Crippen LogP contribution in [-0.4, -0.2) is 54.3 Å². The summed E-state index contributed by atoms with van der Waals surface area (Å²) in [5.41, 5.74) is 1.60. The van der Waals surface area contributed by atoms with E-state index in [2.05, 4.69) is 5.32 Å². The summed E-state index contributed by atoms with van der Waals surface area (Å²) in [6, 6.07) is 25.5. The zero-order valence-electron chi connectivity index (χ0n) is 20.0. The number of amides is 1. The second-order valence-corrected chi connectivity index (χ2v) is 10.4. The second-order valence-electron chi connectivity index (χ2n) is 10.4. The van der Waals surface area contributed by atoms with Gasteiger partial charge in [-0.2, -0.15) is 0 Å². The molecule has 2 bridgehead atoms. The van der Waals surface area contributed by atoms with Gasteiger partial charge in [-0.05, 0) is 29.2 Å². The molecular formula is C30H33N2O3+. The van der Waals surface area contributed by atoms with Gasteiger partial charge in [0, 0.05) is 30.4 Å². The number of rotatable bonds is 7. The summed E-state index contributed by atoms with van der Waals surface area (Å²) in [6.45, 7) is 5.03. The number of carbonyl (C=O) groups excluding carboxylic acids is 1. The molecule has 3 aliphatic heterocycles. The summed E-state index contributed by atoms with van der Waals surface area (Å²) < 4.78 is 6.96. The molecule has 35 heavy (non-hydrogen) atoms. The average Bonchev–Trinajstić information content (AvgIpc) is 3.18. The highest BCUT2D eigenvalue weighted by atomic mass is 16.5. The van der Waals surface area contributed by atoms with Gasteiger partial charge in [-0.1, -0.05) is 66.7 Å². The molecule has 5 nitrogen and oxygen atoms in total. The fraction of sp³-hybridized carbons (Fsp3) is 0.367. The van der Waals surface area contributed by atoms with Crippen molar-refractivity contribution in [2.24, 2.45) is 5.92 Å². The van der Waals surface area contributed by atoms with Crippen LogP contribution < -0.4 is 10.1 Å². The van der Waals surface area contributed by atoms with Gasteiger partial charge in [-0.3, -0.25) is 4.79 Å². The molecule has 180 valence electrons. The number of piperidine rings is 3. The normalized spacial score (nSPS) is 25.5. The number of benzene rings is 3. The Labute approximate surface area is 206 Å². The number of fused-ring (bicyclic) bond motifs is 6. The summed E-state index contributed by atoms with van der Waals surface area (Å²) in [7, 11) is 0. The van der Waals surface area contributed by atoms with Gasteiger partial charge in [0.2, 0.25) is 0 Å². The predicted molar refractivity (Wildman–Crippen MR) is 136 cm³/mol. The zero-order valence-corrected chi connectivity index (χ0v) is 20.0. The maximum absolute atomic E-state index is 13.8. The van der Waals surface area contributed by atoms with E-state index in [0.29, 0.717) is 23.7 Å². The van der Waals surface area contributed by atoms with Gasteiger partial charge in [0.25, 0.3) is 5.91 Å². The third-order valence-corrected chi connectivity index (χ3v) is 8.46. The van der Waals surface area contributed by atoms with E-state index in [-0.39, 0.29) is 11.9 Å². The molecule has 5 heteroatoms. The average molecular weight is 470 g/mol. The smallest absolute Gasteiger partial charge is 0.261 e. The second kappa shape index (κ2) is 8.81. The monoisotopic (exact) mass is 469 g/mol. The number of ether oxygens (including phenoxy) is 1. The minimum Gasteiger partial charge on any atom is -0.493 e. The molecule has 3 heterocycles. The SMILES string of the molecule is O=C(NC1C[N+]2(CCCOc3ccccc3)CCC1CC2)C1(O)c2ccccc2-c2ccccc21. The maximum atomic E-state index is 13.8. The van der Waals surface area contributed by atoms with Crippen molar-refractivity contribution in [3.63, 3.8) is 0 Å². The molecule has 3 aromatic rings. The van der Waals surface area contributed by atoms with Gasteiger partial charge < -0.3 is 19.6 Å². The topological polar surface area (TPSA) is 58.6 Å². The number of aliphatic hydroxyl groups is 1. The number of para-hydroxylation sites is 1. The molecule has 1 atom stereocenters. The number of carbonyl (C=O) groups is 1. The van der Waals surface area contributed by atoms with Crippen molar-refractivity contribution in [2.75, 3.05) is 32.8 Å². The Kier molecular flexibility index (Phi) is 5.62. The first kappa shape index (κ1) is 22.3. The van der Waals surface area contributed by atoms with Gasteiger partial charge >= 0.3 is 0 Å². The van der Waals surface area contributed by atoms with Crippen LogP contribution in [0.2, 0.25) is 0 Å². The molecule has 1 unspecified atom stereocenters. The third kappa shape index (κ3) is 3.83. The number of hydrogen-bond acceptors (Lipinski definition) is 3. The van der Waals surface area contributed by atoms with Gasteiger partial charge in [-0.15, -0.1) is 0 Å². The van der Waals surface area contributed by atoms with Crippen LogP contribution in [0.3, 0.4) is 0 Å². The highest BCUT2D eigenvalue weighted by Gasteiger charge is 2.51. The molecule has 3 aromatic carbocycles. The Morgan fingerprint density at radius 1 is 0.914 bits per heavy atom. The molecule has 0 aromatic heterocycles. The fourth-order valence-corrected chi connectivity index (χ4v) is 6.60. The van der Waals surface area contributed by atoms with Crippen molar-refractivity contribution < 1.29 is 19.1 Å². The molecule has 0 radical (unpaired) electrons. The van der Waals surface area contributed by atoms with Crippen LogP contribution in [0.25, 0.3) is 11.1 Å². The van der Waals surface area contributed by atoms with E-state index in [1.807, 2.05) is 78.9 Å². The summed E-state index contributed by atoms with van der Waals surface area (Å²) in [5.74, 6) is 1.11. The molecule has 2 N–H and O–H groups in total. The number of hydrogen-bond donors (Lipinski definition) is 2. The standard InChI is InChI=1S/C30H32N2O3/c33-29(30(34)26-13-6-4-11-24(26)25-12-5-7-14-27(25)30)31-28-21-32(18-15-22(28)16-19-32)17-8-20-35-23-9-2-1-3-10-23/h1-7,9-14,22,28,34H,8,15-21H2/p+1. The Morgan fingerprint density at radius 2 is 1.51 bits per heavy atom. The summed E-state index contributed by atoms with van der Waals surface area (Å²) in [5, 5.41) is 15.2. The molecule has 3 saturated heterocycles. The van der Waals surface area contributed by atoms with Crippen molar-refractivity contribution >= 4 is 5.91 Å². The maximum Gasteiger partial charge on any atom is 0.261 e. The Bertz CT molecular complexity index is 1170. The van der Waals surface area contributed by atoms with Crippen molar-refractivity contribution in [1.29, 1.82) is 0 Å². The molecule has 3 fully saturated rings. The Hall–Kier alpha value is -3.15. The van der Waals surface area contributed by atoms with Crippen molar-refractivity contribution in [3.05, 3.63) is 90.0 Å². The largest absolute Gasteiger partial charge is 0.493 e. The molecule has 4 aliphatic rings. The van der Waals surface area contributed by atoms with Crippen LogP contribution in [-0.2, 0) is 10.4 Å². The van der Waals surface area contributed by atoms with Crippen LogP contribution in [0.15, 0.2) is 78.9 Å². The van der Waals surface area contributed by atoms with Crippen LogP contribution in [0, 0.1) is 5.92 Å². The lowest BCUT2D eigenvalue weighted by Gasteiger charge is -2.53. The molecular weight excluding hydrogens is 436 g/mol. The third-order valence-electron chi connectivity index (χ3n) is 8.46. The highest BCUT2D eigenvalue weighted by Crippen LogP contribution is 2.47. The van der Waals surface area contributed by atoms with Crippen LogP contribution in [0.4, 0.5) is 0 Å². The quantitative estimate of drug-likeness (QED) is 0.405. The van der Waals surface area contributed by atoms with E-state index < -0.39 is 5.60 Å². The number of nitrogens with one attached hydrogen (secondary N) is 1. The lowest BCUT2D eigenvalue weighted by molar-refractivity contribution is -0.944. The van der Waals surface area contributed by atoms with Gasteiger partial charge in [-0.25, -0.2) is 0 Å². The number of quaternary nitrogens is 1. The summed E-state index contributed by atoms with van der Waals surface area (Å²) >= 11 is 0. The molecule has 7 rings (SSSR count). The minimum absolute atomic E-state index is 0.0870. The van der Waals surface area contributed by atoms with Gasteiger partial charge in [0.15, 0.2) is 5.60 Å². The van der Waals surface area contributed by atoms with E-state index in [9.17, 15) is 9.90 Å². The van der Waals surface area contributed by atoms with E-state index in [1.165, 1.54) is 0 Å². The van der Waals surface area contributed by atoms with Crippen molar-refractivity contribution in [2.45, 2.75) is 30.9 Å². The van der Waals surface area contributed by atoms with Gasteiger partial charge in [0.05, 0.1) is 38.8 Å². The first-order valence-corrected chi connectivity index (χ1v) is 12.8. The van der Waals surface area contributed by atoms with E-state index in [0.717, 1.165) is 66.8 Å². The highest BCUT2D eigenvalue weighted by molar-refractivity contribution is 5.98. The molecule has 0 saturated carbocycles.